The van der Waals surface area contributed by atoms with Crippen molar-refractivity contribution in [3.63, 3.8) is 0 Å². The van der Waals surface area contributed by atoms with E-state index in [-0.39, 0.29) is 22.9 Å². The SMILES string of the molecule is Cc1ccc(S(=O)(=O)CCC(=O)OCC(=O)c2cc(C)n(-c3cc(C)cc(C)c3)c2C)cc1. The molecule has 0 bridgehead atoms. The number of ketones is 1. The second-order valence-corrected chi connectivity index (χ2v) is 10.5. The van der Waals surface area contributed by atoms with Crippen LogP contribution in [0.5, 0.6) is 0 Å². The number of ether oxygens (including phenoxy) is 1. The zero-order valence-corrected chi connectivity index (χ0v) is 20.5. The molecule has 0 N–H and O–H groups in total. The Balaban J connectivity index is 1.64. The van der Waals surface area contributed by atoms with Crippen LogP contribution >= 0.6 is 0 Å². The van der Waals surface area contributed by atoms with E-state index in [0.717, 1.165) is 33.8 Å². The summed E-state index contributed by atoms with van der Waals surface area (Å²) in [6.45, 7) is 9.26. The standard InChI is InChI=1S/C26H29NO5S/c1-17-6-8-23(9-7-17)33(30,31)11-10-26(29)32-16-25(28)24-15-20(4)27(21(24)5)22-13-18(2)12-19(3)14-22/h6-9,12-15H,10-11,16H2,1-5H3. The Bertz CT molecular complexity index is 1280. The Morgan fingerprint density at radius 1 is 0.848 bits per heavy atom. The second kappa shape index (κ2) is 9.75. The van der Waals surface area contributed by atoms with E-state index in [4.69, 9.17) is 4.74 Å². The highest BCUT2D eigenvalue weighted by atomic mass is 32.2. The van der Waals surface area contributed by atoms with E-state index in [1.807, 2.05) is 39.2 Å². The molecule has 0 aliphatic heterocycles. The molecule has 3 aromatic rings. The van der Waals surface area contributed by atoms with Crippen molar-refractivity contribution in [1.82, 2.24) is 4.57 Å². The third-order valence-corrected chi connectivity index (χ3v) is 7.25. The summed E-state index contributed by atoms with van der Waals surface area (Å²) in [5.41, 5.74) is 6.31. The maximum atomic E-state index is 12.7. The van der Waals surface area contributed by atoms with E-state index < -0.39 is 22.4 Å². The van der Waals surface area contributed by atoms with Crippen LogP contribution in [0.4, 0.5) is 0 Å². The first-order valence-corrected chi connectivity index (χ1v) is 12.4. The van der Waals surface area contributed by atoms with Crippen LogP contribution in [-0.4, -0.2) is 37.1 Å². The van der Waals surface area contributed by atoms with Gasteiger partial charge in [0.2, 0.25) is 5.78 Å². The first-order valence-electron chi connectivity index (χ1n) is 10.7. The number of hydrogen-bond donors (Lipinski definition) is 0. The number of benzene rings is 2. The van der Waals surface area contributed by atoms with E-state index in [1.165, 1.54) is 12.1 Å². The molecule has 3 rings (SSSR count). The van der Waals surface area contributed by atoms with E-state index in [1.54, 1.807) is 18.2 Å². The lowest BCUT2D eigenvalue weighted by atomic mass is 10.1. The Morgan fingerprint density at radius 2 is 1.45 bits per heavy atom. The van der Waals surface area contributed by atoms with Crippen molar-refractivity contribution in [2.24, 2.45) is 0 Å². The fourth-order valence-corrected chi connectivity index (χ4v) is 5.12. The van der Waals surface area contributed by atoms with Crippen LogP contribution in [0.15, 0.2) is 53.4 Å². The lowest BCUT2D eigenvalue weighted by Crippen LogP contribution is -2.18. The molecule has 6 nitrogen and oxygen atoms in total. The third-order valence-electron chi connectivity index (χ3n) is 5.52. The van der Waals surface area contributed by atoms with Crippen LogP contribution in [0, 0.1) is 34.6 Å². The number of carbonyl (C=O) groups is 2. The first-order chi connectivity index (χ1) is 15.5. The van der Waals surface area contributed by atoms with Crippen LogP contribution in [0.2, 0.25) is 0 Å². The number of hydrogen-bond acceptors (Lipinski definition) is 5. The minimum Gasteiger partial charge on any atom is -0.457 e. The summed E-state index contributed by atoms with van der Waals surface area (Å²) in [5, 5.41) is 0. The molecule has 2 aromatic carbocycles. The summed E-state index contributed by atoms with van der Waals surface area (Å²) in [5.74, 6) is -1.42. The summed E-state index contributed by atoms with van der Waals surface area (Å²) in [7, 11) is -3.60. The van der Waals surface area contributed by atoms with Crippen molar-refractivity contribution in [1.29, 1.82) is 0 Å². The van der Waals surface area contributed by atoms with E-state index in [9.17, 15) is 18.0 Å². The number of nitrogens with zero attached hydrogens (tertiary/aromatic N) is 1. The molecule has 0 aliphatic carbocycles. The molecule has 0 amide bonds. The van der Waals surface area contributed by atoms with Crippen LogP contribution in [0.25, 0.3) is 5.69 Å². The van der Waals surface area contributed by atoms with Gasteiger partial charge in [-0.05, 0) is 76.1 Å². The molecule has 0 radical (unpaired) electrons. The molecular formula is C26H29NO5S. The van der Waals surface area contributed by atoms with Gasteiger partial charge in [-0.1, -0.05) is 23.8 Å². The van der Waals surface area contributed by atoms with Gasteiger partial charge in [0.15, 0.2) is 16.4 Å². The van der Waals surface area contributed by atoms with Gasteiger partial charge in [-0.3, -0.25) is 9.59 Å². The summed E-state index contributed by atoms with van der Waals surface area (Å²) < 4.78 is 31.9. The molecule has 0 spiro atoms. The monoisotopic (exact) mass is 467 g/mol. The quantitative estimate of drug-likeness (QED) is 0.357. The summed E-state index contributed by atoms with van der Waals surface area (Å²) in [4.78, 5) is 25.0. The number of sulfone groups is 1. The molecular weight excluding hydrogens is 438 g/mol. The lowest BCUT2D eigenvalue weighted by molar-refractivity contribution is -0.142. The van der Waals surface area contributed by atoms with Crippen molar-refractivity contribution in [2.75, 3.05) is 12.4 Å². The predicted octanol–water partition coefficient (Wildman–Crippen LogP) is 4.61. The number of Topliss-reactive ketones (excluding diaryl/α,β-unsaturated/α-hetero) is 1. The molecule has 0 saturated carbocycles. The third kappa shape index (κ3) is 5.79. The highest BCUT2D eigenvalue weighted by Gasteiger charge is 2.20. The second-order valence-electron chi connectivity index (χ2n) is 8.43. The largest absolute Gasteiger partial charge is 0.457 e. The molecule has 174 valence electrons. The first kappa shape index (κ1) is 24.5. The van der Waals surface area contributed by atoms with E-state index >= 15 is 0 Å². The van der Waals surface area contributed by atoms with E-state index in [2.05, 4.69) is 18.2 Å². The number of carbonyl (C=O) groups excluding carboxylic acids is 2. The molecule has 0 unspecified atom stereocenters. The van der Waals surface area contributed by atoms with Crippen molar-refractivity contribution in [3.8, 4) is 5.69 Å². The molecule has 0 saturated heterocycles. The van der Waals surface area contributed by atoms with Crippen LogP contribution < -0.4 is 0 Å². The zero-order valence-electron chi connectivity index (χ0n) is 19.6. The minimum absolute atomic E-state index is 0.163. The lowest BCUT2D eigenvalue weighted by Gasteiger charge is -2.12. The Kier molecular flexibility index (Phi) is 7.22. The fraction of sp³-hybridized carbons (Fsp3) is 0.308. The number of rotatable bonds is 8. The minimum atomic E-state index is -3.60. The van der Waals surface area contributed by atoms with Crippen molar-refractivity contribution in [3.05, 3.63) is 82.2 Å². The maximum Gasteiger partial charge on any atom is 0.307 e. The number of aromatic nitrogens is 1. The van der Waals surface area contributed by atoms with Gasteiger partial charge in [0, 0.05) is 22.6 Å². The molecule has 0 fully saturated rings. The average molecular weight is 468 g/mol. The van der Waals surface area contributed by atoms with Crippen LogP contribution in [-0.2, 0) is 19.4 Å². The van der Waals surface area contributed by atoms with Crippen LogP contribution in [0.1, 0.15) is 44.9 Å². The van der Waals surface area contributed by atoms with Gasteiger partial charge in [0.05, 0.1) is 17.1 Å². The van der Waals surface area contributed by atoms with Crippen molar-refractivity contribution in [2.45, 2.75) is 45.9 Å². The molecule has 1 heterocycles. The molecule has 0 atom stereocenters. The fourth-order valence-electron chi connectivity index (χ4n) is 3.90. The molecule has 0 aliphatic rings. The summed E-state index contributed by atoms with van der Waals surface area (Å²) >= 11 is 0. The van der Waals surface area contributed by atoms with Crippen LogP contribution in [0.3, 0.4) is 0 Å². The Hall–Kier alpha value is -3.19. The highest BCUT2D eigenvalue weighted by molar-refractivity contribution is 7.91. The van der Waals surface area contributed by atoms with Gasteiger partial charge >= 0.3 is 5.97 Å². The molecule has 1 aromatic heterocycles. The number of aryl methyl sites for hydroxylation is 4. The van der Waals surface area contributed by atoms with Gasteiger partial charge < -0.3 is 9.30 Å². The van der Waals surface area contributed by atoms with Gasteiger partial charge in [0.1, 0.15) is 0 Å². The zero-order chi connectivity index (χ0) is 24.3. The normalized spacial score (nSPS) is 11.4. The van der Waals surface area contributed by atoms with Gasteiger partial charge in [-0.15, -0.1) is 0 Å². The topological polar surface area (TPSA) is 82.4 Å². The van der Waals surface area contributed by atoms with E-state index in [0.29, 0.717) is 5.56 Å². The molecule has 7 heteroatoms. The Morgan fingerprint density at radius 3 is 2.06 bits per heavy atom. The highest BCUT2D eigenvalue weighted by Crippen LogP contribution is 2.23. The molecule has 33 heavy (non-hydrogen) atoms. The Labute approximate surface area is 195 Å². The van der Waals surface area contributed by atoms with Gasteiger partial charge in [0.25, 0.3) is 0 Å². The average Bonchev–Trinajstić information content (AvgIpc) is 3.04. The predicted molar refractivity (Wildman–Crippen MR) is 128 cm³/mol. The smallest absolute Gasteiger partial charge is 0.307 e. The van der Waals surface area contributed by atoms with Gasteiger partial charge in [-0.2, -0.15) is 0 Å². The maximum absolute atomic E-state index is 12.7. The van der Waals surface area contributed by atoms with Crippen molar-refractivity contribution < 1.29 is 22.7 Å². The van der Waals surface area contributed by atoms with Crippen molar-refractivity contribution >= 4 is 21.6 Å². The summed E-state index contributed by atoms with van der Waals surface area (Å²) in [6, 6.07) is 14.4. The summed E-state index contributed by atoms with van der Waals surface area (Å²) in [6.07, 6.45) is -0.314. The van der Waals surface area contributed by atoms with Gasteiger partial charge in [-0.25, -0.2) is 8.42 Å². The number of esters is 1.